The van der Waals surface area contributed by atoms with Gasteiger partial charge in [-0.1, -0.05) is 30.3 Å². The standard InChI is InChI=1S/C20H31N5O2.HI/c1-21-20(25-10-8-18(16-25)24-11-13-27-14-12-24)22-9-7-19(26)23-15-17-5-3-2-4-6-17;/h2-6,18H,7-16H2,1H3,(H,21,22)(H,23,26);1H. The van der Waals surface area contributed by atoms with E-state index in [2.05, 4.69) is 25.4 Å². The maximum atomic E-state index is 12.0. The van der Waals surface area contributed by atoms with Crippen LogP contribution in [-0.2, 0) is 16.1 Å². The molecule has 0 aliphatic carbocycles. The highest BCUT2D eigenvalue weighted by Crippen LogP contribution is 2.17. The number of carbonyl (C=O) groups excluding carboxylic acids is 1. The average molecular weight is 501 g/mol. The summed E-state index contributed by atoms with van der Waals surface area (Å²) < 4.78 is 5.45. The molecule has 1 unspecified atom stereocenters. The number of nitrogens with one attached hydrogen (secondary N) is 2. The zero-order chi connectivity index (χ0) is 18.9. The minimum absolute atomic E-state index is 0. The molecule has 0 bridgehead atoms. The first kappa shape index (κ1) is 22.9. The van der Waals surface area contributed by atoms with E-state index in [0.29, 0.717) is 25.6 Å². The monoisotopic (exact) mass is 501 g/mol. The second-order valence-corrected chi connectivity index (χ2v) is 7.02. The molecule has 2 aliphatic heterocycles. The lowest BCUT2D eigenvalue weighted by atomic mass is 10.2. The number of aliphatic imine (C=N–C) groups is 1. The van der Waals surface area contributed by atoms with Crippen LogP contribution in [0.25, 0.3) is 0 Å². The molecule has 1 aromatic carbocycles. The topological polar surface area (TPSA) is 69.2 Å². The number of nitrogens with zero attached hydrogens (tertiary/aromatic N) is 3. The molecule has 2 saturated heterocycles. The van der Waals surface area contributed by atoms with Crippen molar-refractivity contribution in [2.24, 2.45) is 4.99 Å². The summed E-state index contributed by atoms with van der Waals surface area (Å²) in [5.74, 6) is 0.941. The molecule has 8 heteroatoms. The summed E-state index contributed by atoms with van der Waals surface area (Å²) in [5, 5.41) is 6.30. The largest absolute Gasteiger partial charge is 0.379 e. The Morgan fingerprint density at radius 2 is 1.93 bits per heavy atom. The number of carbonyl (C=O) groups is 1. The van der Waals surface area contributed by atoms with Crippen LogP contribution in [0.5, 0.6) is 0 Å². The first-order valence-corrected chi connectivity index (χ1v) is 9.84. The number of likely N-dealkylation sites (tertiary alicyclic amines) is 1. The fourth-order valence-corrected chi connectivity index (χ4v) is 3.68. The van der Waals surface area contributed by atoms with Gasteiger partial charge in [-0.2, -0.15) is 0 Å². The number of halogens is 1. The highest BCUT2D eigenvalue weighted by atomic mass is 127. The van der Waals surface area contributed by atoms with Crippen LogP contribution in [0.4, 0.5) is 0 Å². The molecule has 1 atom stereocenters. The van der Waals surface area contributed by atoms with Crippen LogP contribution in [0.2, 0.25) is 0 Å². The number of ether oxygens (including phenoxy) is 1. The van der Waals surface area contributed by atoms with Crippen molar-refractivity contribution >= 4 is 35.8 Å². The fraction of sp³-hybridized carbons (Fsp3) is 0.600. The van der Waals surface area contributed by atoms with Crippen LogP contribution in [0.1, 0.15) is 18.4 Å². The van der Waals surface area contributed by atoms with Gasteiger partial charge >= 0.3 is 0 Å². The number of hydrogen-bond acceptors (Lipinski definition) is 4. The summed E-state index contributed by atoms with van der Waals surface area (Å²) in [5.41, 5.74) is 1.11. The molecule has 28 heavy (non-hydrogen) atoms. The second-order valence-electron chi connectivity index (χ2n) is 7.02. The average Bonchev–Trinajstić information content (AvgIpc) is 3.21. The number of morpholine rings is 1. The Kier molecular flexibility index (Phi) is 10.0. The second kappa shape index (κ2) is 12.2. The molecule has 0 aromatic heterocycles. The number of benzene rings is 1. The maximum Gasteiger partial charge on any atom is 0.222 e. The zero-order valence-corrected chi connectivity index (χ0v) is 18.9. The highest BCUT2D eigenvalue weighted by molar-refractivity contribution is 14.0. The van der Waals surface area contributed by atoms with E-state index in [9.17, 15) is 4.79 Å². The van der Waals surface area contributed by atoms with Crippen molar-refractivity contribution in [1.82, 2.24) is 20.4 Å². The molecule has 2 heterocycles. The van der Waals surface area contributed by atoms with Crippen molar-refractivity contribution in [3.8, 4) is 0 Å². The van der Waals surface area contributed by atoms with Crippen molar-refractivity contribution in [2.45, 2.75) is 25.4 Å². The summed E-state index contributed by atoms with van der Waals surface area (Å²) in [6.45, 7) is 6.86. The molecule has 1 aromatic rings. The first-order valence-electron chi connectivity index (χ1n) is 9.84. The summed E-state index contributed by atoms with van der Waals surface area (Å²) in [7, 11) is 1.81. The smallest absolute Gasteiger partial charge is 0.222 e. The number of amides is 1. The summed E-state index contributed by atoms with van der Waals surface area (Å²) in [6.07, 6.45) is 1.59. The Morgan fingerprint density at radius 1 is 1.18 bits per heavy atom. The third kappa shape index (κ3) is 6.89. The normalized spacial score (nSPS) is 20.5. The van der Waals surface area contributed by atoms with Crippen LogP contribution >= 0.6 is 24.0 Å². The van der Waals surface area contributed by atoms with E-state index in [1.807, 2.05) is 30.3 Å². The molecule has 2 aliphatic rings. The Hall–Kier alpha value is -1.39. The highest BCUT2D eigenvalue weighted by Gasteiger charge is 2.30. The third-order valence-corrected chi connectivity index (χ3v) is 5.20. The minimum atomic E-state index is 0. The van der Waals surface area contributed by atoms with Gasteiger partial charge in [0, 0.05) is 58.8 Å². The van der Waals surface area contributed by atoms with Crippen LogP contribution in [-0.4, -0.2) is 80.7 Å². The van der Waals surface area contributed by atoms with E-state index in [1.165, 1.54) is 0 Å². The van der Waals surface area contributed by atoms with E-state index in [0.717, 1.165) is 57.3 Å². The summed E-state index contributed by atoms with van der Waals surface area (Å²) >= 11 is 0. The summed E-state index contributed by atoms with van der Waals surface area (Å²) in [4.78, 5) is 21.3. The lowest BCUT2D eigenvalue weighted by Gasteiger charge is -2.32. The number of rotatable bonds is 6. The van der Waals surface area contributed by atoms with E-state index in [-0.39, 0.29) is 29.9 Å². The zero-order valence-electron chi connectivity index (χ0n) is 16.6. The van der Waals surface area contributed by atoms with Gasteiger partial charge in [-0.25, -0.2) is 0 Å². The molecule has 1 amide bonds. The predicted molar refractivity (Wildman–Crippen MR) is 122 cm³/mol. The molecule has 7 nitrogen and oxygen atoms in total. The lowest BCUT2D eigenvalue weighted by molar-refractivity contribution is -0.121. The quantitative estimate of drug-likeness (QED) is 0.350. The van der Waals surface area contributed by atoms with Gasteiger partial charge < -0.3 is 20.3 Å². The molecule has 2 fully saturated rings. The van der Waals surface area contributed by atoms with Crippen molar-refractivity contribution < 1.29 is 9.53 Å². The third-order valence-electron chi connectivity index (χ3n) is 5.20. The minimum Gasteiger partial charge on any atom is -0.379 e. The SMILES string of the molecule is CN=C(NCCC(=O)NCc1ccccc1)N1CCC(N2CCOCC2)C1.I. The van der Waals surface area contributed by atoms with Crippen molar-refractivity contribution in [3.05, 3.63) is 35.9 Å². The van der Waals surface area contributed by atoms with Gasteiger partial charge in [0.05, 0.1) is 13.2 Å². The van der Waals surface area contributed by atoms with E-state index in [1.54, 1.807) is 7.05 Å². The van der Waals surface area contributed by atoms with Gasteiger partial charge in [-0.05, 0) is 12.0 Å². The molecular weight excluding hydrogens is 469 g/mol. The van der Waals surface area contributed by atoms with Gasteiger partial charge in [-0.3, -0.25) is 14.7 Å². The van der Waals surface area contributed by atoms with Gasteiger partial charge in [0.15, 0.2) is 5.96 Å². The molecule has 0 spiro atoms. The fourth-order valence-electron chi connectivity index (χ4n) is 3.68. The van der Waals surface area contributed by atoms with Gasteiger partial charge in [0.2, 0.25) is 5.91 Å². The molecular formula is C20H32IN5O2. The van der Waals surface area contributed by atoms with E-state index < -0.39 is 0 Å². The van der Waals surface area contributed by atoms with Gasteiger partial charge in [0.25, 0.3) is 0 Å². The van der Waals surface area contributed by atoms with Crippen LogP contribution in [0.3, 0.4) is 0 Å². The molecule has 2 N–H and O–H groups in total. The first-order chi connectivity index (χ1) is 13.3. The van der Waals surface area contributed by atoms with Crippen LogP contribution < -0.4 is 10.6 Å². The molecule has 0 radical (unpaired) electrons. The van der Waals surface area contributed by atoms with Crippen molar-refractivity contribution in [1.29, 1.82) is 0 Å². The molecule has 3 rings (SSSR count). The number of hydrogen-bond donors (Lipinski definition) is 2. The van der Waals surface area contributed by atoms with Crippen molar-refractivity contribution in [3.63, 3.8) is 0 Å². The Balaban J connectivity index is 0.00000280. The van der Waals surface area contributed by atoms with E-state index in [4.69, 9.17) is 4.74 Å². The van der Waals surface area contributed by atoms with Crippen molar-refractivity contribution in [2.75, 3.05) is 53.0 Å². The Labute approximate surface area is 184 Å². The van der Waals surface area contributed by atoms with Crippen LogP contribution in [0, 0.1) is 0 Å². The molecule has 156 valence electrons. The number of guanidine groups is 1. The van der Waals surface area contributed by atoms with Gasteiger partial charge in [-0.15, -0.1) is 24.0 Å². The molecule has 0 saturated carbocycles. The van der Waals surface area contributed by atoms with Crippen LogP contribution in [0.15, 0.2) is 35.3 Å². The Morgan fingerprint density at radius 3 is 2.64 bits per heavy atom. The maximum absolute atomic E-state index is 12.0. The Bertz CT molecular complexity index is 622. The lowest BCUT2D eigenvalue weighted by Crippen LogP contribution is -2.47. The summed E-state index contributed by atoms with van der Waals surface area (Å²) in [6, 6.07) is 10.5. The van der Waals surface area contributed by atoms with E-state index >= 15 is 0 Å². The predicted octanol–water partition coefficient (Wildman–Crippen LogP) is 1.29. The van der Waals surface area contributed by atoms with Gasteiger partial charge in [0.1, 0.15) is 0 Å².